The van der Waals surface area contributed by atoms with E-state index in [9.17, 15) is 9.59 Å². The summed E-state index contributed by atoms with van der Waals surface area (Å²) in [6.07, 6.45) is 0.824. The number of nitrogens with one attached hydrogen (secondary N) is 3. The third-order valence-electron chi connectivity index (χ3n) is 7.36. The van der Waals surface area contributed by atoms with Gasteiger partial charge in [-0.15, -0.1) is 5.10 Å². The summed E-state index contributed by atoms with van der Waals surface area (Å²) >= 11 is 0. The van der Waals surface area contributed by atoms with Gasteiger partial charge in [0.25, 0.3) is 0 Å². The smallest absolute Gasteiger partial charge is 0.407 e. The Morgan fingerprint density at radius 1 is 1.00 bits per heavy atom. The highest BCUT2D eigenvalue weighted by atomic mass is 16.5. The number of aryl methyl sites for hydroxylation is 1. The maximum Gasteiger partial charge on any atom is 0.407 e. The highest BCUT2D eigenvalue weighted by Gasteiger charge is 2.33. The van der Waals surface area contributed by atoms with Crippen molar-refractivity contribution in [1.82, 2.24) is 10.6 Å². The largest absolute Gasteiger partial charge is 0.453 e. The van der Waals surface area contributed by atoms with Gasteiger partial charge >= 0.3 is 6.09 Å². The van der Waals surface area contributed by atoms with Crippen LogP contribution < -0.4 is 16.0 Å². The zero-order valence-electron chi connectivity index (χ0n) is 22.9. The number of benzene rings is 3. The van der Waals surface area contributed by atoms with Gasteiger partial charge in [-0.3, -0.25) is 4.79 Å². The van der Waals surface area contributed by atoms with Gasteiger partial charge in [-0.25, -0.2) is 4.79 Å². The highest BCUT2D eigenvalue weighted by Crippen LogP contribution is 2.30. The molecule has 2 amide bonds. The number of carbonyl (C=O) groups is 2. The number of nitrogens with zero attached hydrogens (tertiary/aromatic N) is 3. The average Bonchev–Trinajstić information content (AvgIpc) is 3.57. The third-order valence-corrected chi connectivity index (χ3v) is 7.36. The van der Waals surface area contributed by atoms with Crippen molar-refractivity contribution in [2.75, 3.05) is 32.1 Å². The standard InChI is InChI=1S/C31H34N6O4/c1-40-31(39)35-29(28(22-11-4-2-5-12-22)23-13-6-3-7-14-23)30(38)34-25-15-9-8-10-21(25)16-17-24-18-32-27(20-41-24)26-19-33-37-36-26/h2-15,24,27-29,32H,16-20H2,1H3,(H,34,38)(H,35,39)/t24-,27+,29+/m1/s1. The number of ether oxygens (including phenoxy) is 2. The van der Waals surface area contributed by atoms with Crippen LogP contribution in [-0.2, 0) is 20.7 Å². The molecule has 212 valence electrons. The van der Waals surface area contributed by atoms with Crippen LogP contribution in [-0.4, -0.2) is 62.7 Å². The fourth-order valence-electron chi connectivity index (χ4n) is 5.20. The topological polar surface area (TPSA) is 126 Å². The minimum atomic E-state index is -0.930. The molecule has 0 aliphatic carbocycles. The van der Waals surface area contributed by atoms with Gasteiger partial charge in [0.2, 0.25) is 5.91 Å². The van der Waals surface area contributed by atoms with Gasteiger partial charge in [0.1, 0.15) is 12.6 Å². The van der Waals surface area contributed by atoms with E-state index in [4.69, 9.17) is 9.47 Å². The predicted octanol–water partition coefficient (Wildman–Crippen LogP) is 4.29. The molecule has 0 aromatic heterocycles. The lowest BCUT2D eigenvalue weighted by molar-refractivity contribution is -0.118. The number of para-hydroxylation sites is 1. The number of methoxy groups -OCH3 is 1. The van der Waals surface area contributed by atoms with E-state index in [1.54, 1.807) is 0 Å². The van der Waals surface area contributed by atoms with E-state index in [1.165, 1.54) is 7.11 Å². The van der Waals surface area contributed by atoms with Crippen LogP contribution >= 0.6 is 0 Å². The second kappa shape index (κ2) is 13.8. The zero-order valence-corrected chi connectivity index (χ0v) is 22.9. The molecule has 41 heavy (non-hydrogen) atoms. The lowest BCUT2D eigenvalue weighted by atomic mass is 9.84. The zero-order chi connectivity index (χ0) is 28.4. The maximum atomic E-state index is 13.9. The number of amides is 2. The van der Waals surface area contributed by atoms with Crippen LogP contribution in [0.3, 0.4) is 0 Å². The first kappa shape index (κ1) is 28.1. The van der Waals surface area contributed by atoms with Gasteiger partial charge in [-0.1, -0.05) is 78.9 Å². The van der Waals surface area contributed by atoms with E-state index in [0.717, 1.165) is 28.8 Å². The number of hydrogen-bond donors (Lipinski definition) is 3. The van der Waals surface area contributed by atoms with Crippen molar-refractivity contribution in [2.45, 2.75) is 36.9 Å². The fourth-order valence-corrected chi connectivity index (χ4v) is 5.20. The molecular weight excluding hydrogens is 520 g/mol. The van der Waals surface area contributed by atoms with E-state index < -0.39 is 18.1 Å². The van der Waals surface area contributed by atoms with Crippen LogP contribution in [0.1, 0.15) is 29.0 Å². The van der Waals surface area contributed by atoms with Gasteiger partial charge in [0, 0.05) is 18.2 Å². The molecule has 0 bridgehead atoms. The second-order valence-corrected chi connectivity index (χ2v) is 9.99. The van der Waals surface area contributed by atoms with Crippen LogP contribution in [0, 0.1) is 0 Å². The molecule has 1 fully saturated rings. The van der Waals surface area contributed by atoms with Crippen molar-refractivity contribution >= 4 is 23.4 Å². The molecule has 0 unspecified atom stereocenters. The summed E-state index contributed by atoms with van der Waals surface area (Å²) in [7, 11) is 1.29. The summed E-state index contributed by atoms with van der Waals surface area (Å²) in [5.74, 6) is -0.782. The molecule has 3 N–H and O–H groups in total. The van der Waals surface area contributed by atoms with E-state index in [1.807, 2.05) is 84.9 Å². The monoisotopic (exact) mass is 554 g/mol. The number of alkyl carbamates (subject to hydrolysis) is 1. The fraction of sp³-hybridized carbons (Fsp3) is 0.323. The number of anilines is 1. The summed E-state index contributed by atoms with van der Waals surface area (Å²) in [6.45, 7) is 1.73. The second-order valence-electron chi connectivity index (χ2n) is 9.99. The van der Waals surface area contributed by atoms with Crippen LogP contribution in [0.15, 0.2) is 100 Å². The van der Waals surface area contributed by atoms with Gasteiger partial charge < -0.3 is 25.4 Å². The molecule has 0 spiro atoms. The summed E-state index contributed by atoms with van der Waals surface area (Å²) < 4.78 is 11.0. The SMILES string of the molecule is COC(=O)N[C@H](C(=O)Nc1ccccc1CC[C@@H]1CN[C@H](C2=NN=NC2)CO1)C(c1ccccc1)c1ccccc1. The number of rotatable bonds is 10. The van der Waals surface area contributed by atoms with Crippen LogP contribution in [0.25, 0.3) is 0 Å². The van der Waals surface area contributed by atoms with Crippen molar-refractivity contribution in [1.29, 1.82) is 0 Å². The molecule has 3 aromatic rings. The molecule has 2 aliphatic heterocycles. The Morgan fingerprint density at radius 3 is 2.29 bits per heavy atom. The molecule has 2 heterocycles. The molecule has 5 rings (SSSR count). The first-order chi connectivity index (χ1) is 20.1. The van der Waals surface area contributed by atoms with Crippen molar-refractivity contribution in [2.24, 2.45) is 15.4 Å². The summed E-state index contributed by atoms with van der Waals surface area (Å²) in [4.78, 5) is 26.4. The van der Waals surface area contributed by atoms with Crippen molar-refractivity contribution in [3.05, 3.63) is 102 Å². The molecule has 10 nitrogen and oxygen atoms in total. The minimum absolute atomic E-state index is 0.0279. The quantitative estimate of drug-likeness (QED) is 0.345. The summed E-state index contributed by atoms with van der Waals surface area (Å²) in [6, 6.07) is 26.2. The van der Waals surface area contributed by atoms with Crippen molar-refractivity contribution < 1.29 is 19.1 Å². The highest BCUT2D eigenvalue weighted by molar-refractivity contribution is 5.98. The van der Waals surface area contributed by atoms with E-state index in [2.05, 4.69) is 31.4 Å². The molecule has 3 aromatic carbocycles. The molecule has 2 aliphatic rings. The Labute approximate surface area is 239 Å². The Bertz CT molecular complexity index is 1330. The van der Waals surface area contributed by atoms with Gasteiger partial charge in [-0.2, -0.15) is 5.11 Å². The number of carbonyl (C=O) groups excluding carboxylic acids is 2. The first-order valence-corrected chi connectivity index (χ1v) is 13.7. The van der Waals surface area contributed by atoms with E-state index in [-0.39, 0.29) is 18.1 Å². The summed E-state index contributed by atoms with van der Waals surface area (Å²) in [5, 5.41) is 21.0. The van der Waals surface area contributed by atoms with Gasteiger partial charge in [-0.05, 0) is 40.8 Å². The Hall–Kier alpha value is -4.41. The van der Waals surface area contributed by atoms with E-state index >= 15 is 0 Å². The Balaban J connectivity index is 1.31. The number of morpholine rings is 1. The maximum absolute atomic E-state index is 13.9. The lowest BCUT2D eigenvalue weighted by Crippen LogP contribution is -2.50. The minimum Gasteiger partial charge on any atom is -0.453 e. The molecular formula is C31H34N6O4. The Morgan fingerprint density at radius 2 is 1.68 bits per heavy atom. The van der Waals surface area contributed by atoms with Crippen molar-refractivity contribution in [3.8, 4) is 0 Å². The third kappa shape index (κ3) is 7.22. The normalized spacial score (nSPS) is 18.9. The van der Waals surface area contributed by atoms with Gasteiger partial charge in [0.05, 0.1) is 31.6 Å². The van der Waals surface area contributed by atoms with Crippen molar-refractivity contribution in [3.63, 3.8) is 0 Å². The molecule has 1 saturated heterocycles. The number of hydrogen-bond acceptors (Lipinski definition) is 8. The van der Waals surface area contributed by atoms with Crippen LogP contribution in [0.2, 0.25) is 0 Å². The molecule has 0 radical (unpaired) electrons. The predicted molar refractivity (Wildman–Crippen MR) is 156 cm³/mol. The van der Waals surface area contributed by atoms with Gasteiger partial charge in [0.15, 0.2) is 0 Å². The molecule has 0 saturated carbocycles. The average molecular weight is 555 g/mol. The van der Waals surface area contributed by atoms with Crippen LogP contribution in [0.5, 0.6) is 0 Å². The lowest BCUT2D eigenvalue weighted by Gasteiger charge is -2.30. The van der Waals surface area contributed by atoms with E-state index in [0.29, 0.717) is 31.8 Å². The molecule has 10 heteroatoms. The molecule has 3 atom stereocenters. The van der Waals surface area contributed by atoms with Crippen LogP contribution in [0.4, 0.5) is 10.5 Å². The summed E-state index contributed by atoms with van der Waals surface area (Å²) in [5.41, 5.74) is 4.37. The Kier molecular flexibility index (Phi) is 9.45. The first-order valence-electron chi connectivity index (χ1n) is 13.7.